The van der Waals surface area contributed by atoms with Gasteiger partial charge >= 0.3 is 0 Å². The van der Waals surface area contributed by atoms with Crippen LogP contribution in [0.25, 0.3) is 10.6 Å². The van der Waals surface area contributed by atoms with Crippen molar-refractivity contribution in [2.75, 3.05) is 13.6 Å². The van der Waals surface area contributed by atoms with E-state index in [9.17, 15) is 9.18 Å². The summed E-state index contributed by atoms with van der Waals surface area (Å²) in [6.45, 7) is 4.74. The number of nitrogens with two attached hydrogens (primary N) is 1. The fraction of sp³-hybridized carbons (Fsp3) is 0.412. The fourth-order valence-electron chi connectivity index (χ4n) is 2.07. The van der Waals surface area contributed by atoms with Gasteiger partial charge in [-0.3, -0.25) is 4.79 Å². The molecule has 0 fully saturated rings. The fourth-order valence-corrected chi connectivity index (χ4v) is 2.87. The predicted molar refractivity (Wildman–Crippen MR) is 91.9 cm³/mol. The third-order valence-corrected chi connectivity index (χ3v) is 4.71. The minimum Gasteiger partial charge on any atom is -0.340 e. The molecule has 1 aromatic heterocycles. The number of hydrogen-bond donors (Lipinski definition) is 1. The van der Waals surface area contributed by atoms with Gasteiger partial charge in [-0.2, -0.15) is 0 Å². The number of carbonyl (C=O) groups excluding carboxylic acids is 1. The molecule has 1 unspecified atom stereocenters. The van der Waals surface area contributed by atoms with Crippen LogP contribution in [-0.2, 0) is 0 Å². The Balaban J connectivity index is 2.01. The van der Waals surface area contributed by atoms with Crippen molar-refractivity contribution >= 4 is 17.2 Å². The third-order valence-electron chi connectivity index (χ3n) is 3.82. The first-order chi connectivity index (χ1) is 10.9. The topological polar surface area (TPSA) is 59.2 Å². The van der Waals surface area contributed by atoms with Crippen molar-refractivity contribution in [1.29, 1.82) is 0 Å². The van der Waals surface area contributed by atoms with E-state index < -0.39 is 0 Å². The number of thiazole rings is 1. The van der Waals surface area contributed by atoms with Crippen LogP contribution in [0.1, 0.15) is 30.8 Å². The Morgan fingerprint density at radius 1 is 1.35 bits per heavy atom. The summed E-state index contributed by atoms with van der Waals surface area (Å²) >= 11 is 1.38. The molecule has 1 heterocycles. The standard InChI is InChI=1S/C17H22FN3OS/c1-11(2)14(19)8-9-21(3)17(22)15-10-23-16(20-15)12-4-6-13(18)7-5-12/h4-7,10-11,14H,8-9,19H2,1-3H3. The highest BCUT2D eigenvalue weighted by atomic mass is 32.1. The Bertz CT molecular complexity index is 654. The van der Waals surface area contributed by atoms with Gasteiger partial charge in [-0.05, 0) is 36.6 Å². The Hall–Kier alpha value is -1.79. The largest absolute Gasteiger partial charge is 0.340 e. The average molecular weight is 335 g/mol. The molecule has 6 heteroatoms. The van der Waals surface area contributed by atoms with E-state index in [2.05, 4.69) is 18.8 Å². The number of carbonyl (C=O) groups is 1. The van der Waals surface area contributed by atoms with Crippen LogP contribution < -0.4 is 5.73 Å². The molecule has 23 heavy (non-hydrogen) atoms. The Morgan fingerprint density at radius 2 is 2.00 bits per heavy atom. The lowest BCUT2D eigenvalue weighted by atomic mass is 10.0. The lowest BCUT2D eigenvalue weighted by Gasteiger charge is -2.20. The number of hydrogen-bond acceptors (Lipinski definition) is 4. The van der Waals surface area contributed by atoms with Gasteiger partial charge in [0, 0.05) is 30.6 Å². The first kappa shape index (κ1) is 17.6. The zero-order chi connectivity index (χ0) is 17.0. The lowest BCUT2D eigenvalue weighted by molar-refractivity contribution is 0.0784. The summed E-state index contributed by atoms with van der Waals surface area (Å²) in [6.07, 6.45) is 0.759. The van der Waals surface area contributed by atoms with Gasteiger partial charge in [0.15, 0.2) is 0 Å². The number of rotatable bonds is 6. The van der Waals surface area contributed by atoms with Crippen molar-refractivity contribution in [2.24, 2.45) is 11.7 Å². The molecular weight excluding hydrogens is 313 g/mol. The van der Waals surface area contributed by atoms with E-state index in [0.29, 0.717) is 23.2 Å². The number of nitrogens with zero attached hydrogens (tertiary/aromatic N) is 2. The Labute approximate surface area is 140 Å². The first-order valence-electron chi connectivity index (χ1n) is 7.61. The Kier molecular flexibility index (Phi) is 5.85. The number of benzene rings is 1. The van der Waals surface area contributed by atoms with Crippen molar-refractivity contribution in [1.82, 2.24) is 9.88 Å². The SMILES string of the molecule is CC(C)C(N)CCN(C)C(=O)c1csc(-c2ccc(F)cc2)n1. The van der Waals surface area contributed by atoms with E-state index in [-0.39, 0.29) is 17.8 Å². The minimum absolute atomic E-state index is 0.0791. The summed E-state index contributed by atoms with van der Waals surface area (Å²) in [5, 5.41) is 2.44. The zero-order valence-electron chi connectivity index (χ0n) is 13.6. The van der Waals surface area contributed by atoms with Crippen LogP contribution >= 0.6 is 11.3 Å². The maximum absolute atomic E-state index is 13.0. The molecule has 4 nitrogen and oxygen atoms in total. The van der Waals surface area contributed by atoms with E-state index >= 15 is 0 Å². The van der Waals surface area contributed by atoms with Crippen LogP contribution in [0.2, 0.25) is 0 Å². The van der Waals surface area contributed by atoms with Crippen molar-refractivity contribution < 1.29 is 9.18 Å². The van der Waals surface area contributed by atoms with E-state index in [1.165, 1.54) is 23.5 Å². The highest BCUT2D eigenvalue weighted by Gasteiger charge is 2.17. The van der Waals surface area contributed by atoms with Crippen molar-refractivity contribution in [3.8, 4) is 10.6 Å². The molecule has 1 amide bonds. The monoisotopic (exact) mass is 335 g/mol. The van der Waals surface area contributed by atoms with Gasteiger partial charge in [0.25, 0.3) is 5.91 Å². The van der Waals surface area contributed by atoms with Crippen LogP contribution in [0.3, 0.4) is 0 Å². The molecule has 124 valence electrons. The van der Waals surface area contributed by atoms with Gasteiger partial charge in [-0.15, -0.1) is 11.3 Å². The average Bonchev–Trinajstić information content (AvgIpc) is 3.01. The molecule has 0 aliphatic rings. The van der Waals surface area contributed by atoms with Crippen LogP contribution in [0.5, 0.6) is 0 Å². The molecule has 1 aromatic carbocycles. The van der Waals surface area contributed by atoms with Gasteiger partial charge in [0.1, 0.15) is 16.5 Å². The third kappa shape index (κ3) is 4.59. The molecular formula is C17H22FN3OS. The van der Waals surface area contributed by atoms with Crippen LogP contribution in [-0.4, -0.2) is 35.4 Å². The summed E-state index contributed by atoms with van der Waals surface area (Å²) < 4.78 is 13.0. The summed E-state index contributed by atoms with van der Waals surface area (Å²) in [5.74, 6) is -0.0174. The van der Waals surface area contributed by atoms with E-state index in [1.807, 2.05) is 0 Å². The van der Waals surface area contributed by atoms with Crippen molar-refractivity contribution in [3.63, 3.8) is 0 Å². The van der Waals surface area contributed by atoms with Gasteiger partial charge in [0.05, 0.1) is 0 Å². The number of halogens is 1. The second-order valence-corrected chi connectivity index (χ2v) is 6.83. The molecule has 1 atom stereocenters. The highest BCUT2D eigenvalue weighted by Crippen LogP contribution is 2.24. The summed E-state index contributed by atoms with van der Waals surface area (Å²) in [5.41, 5.74) is 7.23. The smallest absolute Gasteiger partial charge is 0.273 e. The maximum Gasteiger partial charge on any atom is 0.273 e. The van der Waals surface area contributed by atoms with E-state index in [4.69, 9.17) is 5.73 Å². The summed E-state index contributed by atoms with van der Waals surface area (Å²) in [4.78, 5) is 18.4. The summed E-state index contributed by atoms with van der Waals surface area (Å²) in [7, 11) is 1.76. The molecule has 0 bridgehead atoms. The number of amides is 1. The van der Waals surface area contributed by atoms with Crippen molar-refractivity contribution in [3.05, 3.63) is 41.2 Å². The van der Waals surface area contributed by atoms with Gasteiger partial charge in [0.2, 0.25) is 0 Å². The second-order valence-electron chi connectivity index (χ2n) is 5.97. The molecule has 0 spiro atoms. The molecule has 2 aromatic rings. The Morgan fingerprint density at radius 3 is 2.61 bits per heavy atom. The highest BCUT2D eigenvalue weighted by molar-refractivity contribution is 7.13. The van der Waals surface area contributed by atoms with Gasteiger partial charge in [-0.1, -0.05) is 13.8 Å². The van der Waals surface area contributed by atoms with Crippen molar-refractivity contribution in [2.45, 2.75) is 26.3 Å². The molecule has 0 radical (unpaired) electrons. The first-order valence-corrected chi connectivity index (χ1v) is 8.49. The minimum atomic E-state index is -0.289. The molecule has 0 saturated heterocycles. The van der Waals surface area contributed by atoms with Gasteiger partial charge in [-0.25, -0.2) is 9.37 Å². The summed E-state index contributed by atoms with van der Waals surface area (Å²) in [6, 6.07) is 6.17. The van der Waals surface area contributed by atoms with Crippen LogP contribution in [0.4, 0.5) is 4.39 Å². The van der Waals surface area contributed by atoms with E-state index in [0.717, 1.165) is 12.0 Å². The second kappa shape index (κ2) is 7.66. The van der Waals surface area contributed by atoms with Crippen LogP contribution in [0.15, 0.2) is 29.6 Å². The molecule has 0 aliphatic carbocycles. The van der Waals surface area contributed by atoms with Crippen LogP contribution in [0, 0.1) is 11.7 Å². The van der Waals surface area contributed by atoms with Gasteiger partial charge < -0.3 is 10.6 Å². The number of aromatic nitrogens is 1. The normalized spacial score (nSPS) is 12.4. The lowest BCUT2D eigenvalue weighted by Crippen LogP contribution is -2.34. The zero-order valence-corrected chi connectivity index (χ0v) is 14.4. The molecule has 0 aliphatic heterocycles. The molecule has 2 rings (SSSR count). The molecule has 2 N–H and O–H groups in total. The quantitative estimate of drug-likeness (QED) is 0.880. The molecule has 0 saturated carbocycles. The van der Waals surface area contributed by atoms with E-state index in [1.54, 1.807) is 29.5 Å². The maximum atomic E-state index is 13.0. The predicted octanol–water partition coefficient (Wildman–Crippen LogP) is 3.39.